The quantitative estimate of drug-likeness (QED) is 0.652. The third kappa shape index (κ3) is 2.37. The van der Waals surface area contributed by atoms with E-state index in [2.05, 4.69) is 0 Å². The molecule has 1 rings (SSSR count). The van der Waals surface area contributed by atoms with Crippen LogP contribution in [0.5, 0.6) is 0 Å². The van der Waals surface area contributed by atoms with Crippen LogP contribution in [0.1, 0.15) is 10.4 Å². The molecule has 0 aliphatic rings. The van der Waals surface area contributed by atoms with E-state index in [1.165, 1.54) is 7.05 Å². The molecule has 13 heavy (non-hydrogen) atoms. The third-order valence-electron chi connectivity index (χ3n) is 1.53. The second-order valence-corrected chi connectivity index (χ2v) is 3.37. The summed E-state index contributed by atoms with van der Waals surface area (Å²) in [5, 5.41) is 0. The molecule has 5 heteroatoms. The number of rotatable bonds is 2. The highest BCUT2D eigenvalue weighted by Gasteiger charge is 2.10. The van der Waals surface area contributed by atoms with Crippen molar-refractivity contribution in [3.05, 3.63) is 35.9 Å². The van der Waals surface area contributed by atoms with Crippen LogP contribution in [0, 0.1) is 0 Å². The Hall–Kier alpha value is -1.20. The van der Waals surface area contributed by atoms with Crippen LogP contribution < -0.4 is 0 Å². The predicted molar refractivity (Wildman–Crippen MR) is 47.5 cm³/mol. The van der Waals surface area contributed by atoms with E-state index >= 15 is 0 Å². The predicted octanol–water partition coefficient (Wildman–Crippen LogP) is 0.553. The van der Waals surface area contributed by atoms with Crippen molar-refractivity contribution in [1.82, 2.24) is 4.31 Å². The summed E-state index contributed by atoms with van der Waals surface area (Å²) >= 11 is -2.51. The Kier molecular flexibility index (Phi) is 3.16. The van der Waals surface area contributed by atoms with Crippen LogP contribution in [0.2, 0.25) is 0 Å². The maximum atomic E-state index is 11.3. The van der Waals surface area contributed by atoms with E-state index in [4.69, 9.17) is 0 Å². The lowest BCUT2D eigenvalue weighted by Gasteiger charge is -2.18. The number of benzene rings is 1. The van der Waals surface area contributed by atoms with Crippen molar-refractivity contribution < 1.29 is 13.6 Å². The molecule has 1 amide bonds. The molecule has 0 N–H and O–H groups in total. The van der Waals surface area contributed by atoms with Crippen molar-refractivity contribution in [2.24, 2.45) is 0 Å². The molecular formula is C8H8NO3S-. The molecule has 0 bridgehead atoms. The topological polar surface area (TPSA) is 60.4 Å². The molecule has 0 saturated heterocycles. The lowest BCUT2D eigenvalue weighted by atomic mass is 10.2. The molecule has 0 radical (unpaired) electrons. The number of amides is 1. The molecule has 1 atom stereocenters. The first-order valence-electron chi connectivity index (χ1n) is 3.55. The standard InChI is InChI=1S/C8H9NO3S/c1-9(13(11)12)8(10)7-5-3-2-4-6-7/h2-6H,1H3,(H,11,12)/p-1. The minimum atomic E-state index is -2.51. The SMILES string of the molecule is CN(C(=O)c1ccccc1)S(=O)[O-]. The van der Waals surface area contributed by atoms with Gasteiger partial charge in [-0.25, -0.2) is 0 Å². The molecule has 0 aromatic heterocycles. The number of hydrogen-bond acceptors (Lipinski definition) is 3. The Morgan fingerprint density at radius 3 is 2.38 bits per heavy atom. The smallest absolute Gasteiger partial charge is 0.264 e. The van der Waals surface area contributed by atoms with E-state index in [0.29, 0.717) is 9.87 Å². The van der Waals surface area contributed by atoms with Crippen LogP contribution in [0.25, 0.3) is 0 Å². The van der Waals surface area contributed by atoms with Gasteiger partial charge in [0.25, 0.3) is 5.91 Å². The van der Waals surface area contributed by atoms with Crippen molar-refractivity contribution in [1.29, 1.82) is 0 Å². The lowest BCUT2D eigenvalue weighted by molar-refractivity contribution is 0.0881. The number of nitrogens with zero attached hydrogens (tertiary/aromatic N) is 1. The minimum Gasteiger partial charge on any atom is -0.755 e. The summed E-state index contributed by atoms with van der Waals surface area (Å²) in [6, 6.07) is 8.23. The largest absolute Gasteiger partial charge is 0.755 e. The van der Waals surface area contributed by atoms with E-state index in [-0.39, 0.29) is 0 Å². The van der Waals surface area contributed by atoms with Crippen molar-refractivity contribution in [2.45, 2.75) is 0 Å². The van der Waals surface area contributed by atoms with Gasteiger partial charge in [0.1, 0.15) is 0 Å². The molecule has 0 aliphatic carbocycles. The zero-order valence-corrected chi connectivity index (χ0v) is 7.78. The van der Waals surface area contributed by atoms with Crippen molar-refractivity contribution in [3.63, 3.8) is 0 Å². The summed E-state index contributed by atoms with van der Waals surface area (Å²) in [5.74, 6) is -0.533. The maximum absolute atomic E-state index is 11.3. The first-order chi connectivity index (χ1) is 6.13. The maximum Gasteiger partial charge on any atom is 0.264 e. The summed E-state index contributed by atoms with van der Waals surface area (Å²) in [5.41, 5.74) is 0.356. The van der Waals surface area contributed by atoms with Crippen LogP contribution >= 0.6 is 0 Å². The normalized spacial score (nSPS) is 12.2. The molecule has 0 fully saturated rings. The van der Waals surface area contributed by atoms with E-state index < -0.39 is 17.2 Å². The molecule has 4 nitrogen and oxygen atoms in total. The van der Waals surface area contributed by atoms with E-state index in [0.717, 1.165) is 0 Å². The molecule has 70 valence electrons. The van der Waals surface area contributed by atoms with Gasteiger partial charge in [-0.15, -0.1) is 0 Å². The van der Waals surface area contributed by atoms with Crippen molar-refractivity contribution in [2.75, 3.05) is 7.05 Å². The number of carbonyl (C=O) groups is 1. The van der Waals surface area contributed by atoms with Gasteiger partial charge in [-0.05, 0) is 12.1 Å². The average molecular weight is 198 g/mol. The Labute approximate surface area is 78.6 Å². The van der Waals surface area contributed by atoms with Gasteiger partial charge < -0.3 is 4.55 Å². The van der Waals surface area contributed by atoms with Gasteiger partial charge in [0.15, 0.2) is 0 Å². The fourth-order valence-corrected chi connectivity index (χ4v) is 1.07. The summed E-state index contributed by atoms with van der Waals surface area (Å²) in [4.78, 5) is 11.3. The highest BCUT2D eigenvalue weighted by atomic mass is 32.2. The third-order valence-corrected chi connectivity index (χ3v) is 2.14. The minimum absolute atomic E-state index is 0.356. The molecule has 0 heterocycles. The fraction of sp³-hybridized carbons (Fsp3) is 0.125. The molecule has 0 spiro atoms. The fourth-order valence-electron chi connectivity index (χ4n) is 0.830. The summed E-state index contributed by atoms with van der Waals surface area (Å²) in [6.45, 7) is 0. The first kappa shape index (κ1) is 9.88. The first-order valence-corrected chi connectivity index (χ1v) is 4.58. The molecule has 1 aromatic rings. The van der Waals surface area contributed by atoms with Gasteiger partial charge in [-0.3, -0.25) is 13.3 Å². The Morgan fingerprint density at radius 1 is 1.38 bits per heavy atom. The van der Waals surface area contributed by atoms with Crippen LogP contribution in [0.15, 0.2) is 30.3 Å². The second-order valence-electron chi connectivity index (χ2n) is 2.39. The summed E-state index contributed by atoms with van der Waals surface area (Å²) in [6.07, 6.45) is 0. The molecular weight excluding hydrogens is 190 g/mol. The summed E-state index contributed by atoms with van der Waals surface area (Å²) in [7, 11) is 1.21. The van der Waals surface area contributed by atoms with E-state index in [9.17, 15) is 13.6 Å². The highest BCUT2D eigenvalue weighted by Crippen LogP contribution is 2.03. The average Bonchev–Trinajstić information content (AvgIpc) is 2.17. The highest BCUT2D eigenvalue weighted by molar-refractivity contribution is 7.77. The zero-order chi connectivity index (χ0) is 9.84. The van der Waals surface area contributed by atoms with Crippen molar-refractivity contribution >= 4 is 17.2 Å². The van der Waals surface area contributed by atoms with Crippen LogP contribution in [-0.4, -0.2) is 26.0 Å². The van der Waals surface area contributed by atoms with E-state index in [1.54, 1.807) is 30.3 Å². The van der Waals surface area contributed by atoms with Gasteiger partial charge in [-0.1, -0.05) is 18.2 Å². The Bertz CT molecular complexity index is 325. The van der Waals surface area contributed by atoms with Crippen molar-refractivity contribution in [3.8, 4) is 0 Å². The lowest BCUT2D eigenvalue weighted by Crippen LogP contribution is -2.28. The molecule has 0 saturated carbocycles. The van der Waals surface area contributed by atoms with Gasteiger partial charge in [0, 0.05) is 23.9 Å². The molecule has 1 aromatic carbocycles. The number of hydrogen-bond donors (Lipinski definition) is 0. The second kappa shape index (κ2) is 4.15. The van der Waals surface area contributed by atoms with Crippen LogP contribution in [-0.2, 0) is 11.3 Å². The van der Waals surface area contributed by atoms with E-state index in [1.807, 2.05) is 0 Å². The van der Waals surface area contributed by atoms with Gasteiger partial charge in [0.2, 0.25) is 0 Å². The van der Waals surface area contributed by atoms with Gasteiger partial charge in [-0.2, -0.15) is 0 Å². The van der Waals surface area contributed by atoms with Gasteiger partial charge >= 0.3 is 0 Å². The summed E-state index contributed by atoms with van der Waals surface area (Å²) < 4.78 is 21.5. The molecule has 1 unspecified atom stereocenters. The number of carbonyl (C=O) groups excluding carboxylic acids is 1. The molecule has 0 aliphatic heterocycles. The monoisotopic (exact) mass is 198 g/mol. The Morgan fingerprint density at radius 2 is 1.92 bits per heavy atom. The van der Waals surface area contributed by atoms with Gasteiger partial charge in [0.05, 0.1) is 0 Å². The van der Waals surface area contributed by atoms with Crippen LogP contribution in [0.4, 0.5) is 0 Å². The zero-order valence-electron chi connectivity index (χ0n) is 6.97. The Balaban J connectivity index is 2.86. The van der Waals surface area contributed by atoms with Crippen LogP contribution in [0.3, 0.4) is 0 Å².